The minimum atomic E-state index is -0.718. The average Bonchev–Trinajstić information content (AvgIpc) is 1.94. The normalized spacial score (nSPS) is 8.82. The molecule has 2 nitrogen and oxygen atoms in total. The van der Waals surface area contributed by atoms with Gasteiger partial charge in [0.2, 0.25) is 0 Å². The van der Waals surface area contributed by atoms with E-state index < -0.39 is 8.69 Å². The Kier molecular flexibility index (Phi) is 6.72. The first-order valence-electron chi connectivity index (χ1n) is 2.94. The summed E-state index contributed by atoms with van der Waals surface area (Å²) in [5, 5.41) is 0. The van der Waals surface area contributed by atoms with E-state index in [1.807, 2.05) is 25.1 Å². The number of hydrogen-bond acceptors (Lipinski definition) is 2. The van der Waals surface area contributed by atoms with Crippen LogP contribution in [0.3, 0.4) is 0 Å². The van der Waals surface area contributed by atoms with E-state index in [1.165, 1.54) is 0 Å². The van der Waals surface area contributed by atoms with Crippen molar-refractivity contribution in [1.29, 1.82) is 0 Å². The third-order valence-electron chi connectivity index (χ3n) is 1.25. The maximum Gasteiger partial charge on any atom is 0.542 e. The first kappa shape index (κ1) is 11.8. The molecule has 0 spiro atoms. The van der Waals surface area contributed by atoms with E-state index in [4.69, 9.17) is 4.52 Å². The van der Waals surface area contributed by atoms with Gasteiger partial charge in [-0.25, -0.2) is 0 Å². The second-order valence-electron chi connectivity index (χ2n) is 1.95. The summed E-state index contributed by atoms with van der Waals surface area (Å²) < 4.78 is 14.9. The molecule has 1 rings (SSSR count). The van der Waals surface area contributed by atoms with Gasteiger partial charge < -0.3 is 0 Å². The van der Waals surface area contributed by atoms with Crippen molar-refractivity contribution >= 4 is 60.1 Å². The van der Waals surface area contributed by atoms with Gasteiger partial charge in [0.25, 0.3) is 0 Å². The molecule has 4 heteroatoms. The molecule has 0 amide bonds. The van der Waals surface area contributed by atoms with E-state index in [9.17, 15) is 4.57 Å². The minimum absolute atomic E-state index is 0. The molecule has 1 atom stereocenters. The third kappa shape index (κ3) is 3.79. The number of hydrogen-bond donors (Lipinski definition) is 0. The predicted molar refractivity (Wildman–Crippen MR) is 46.6 cm³/mol. The topological polar surface area (TPSA) is 26.3 Å². The zero-order valence-electron chi connectivity index (χ0n) is 6.63. The predicted octanol–water partition coefficient (Wildman–Crippen LogP) is 1.93. The summed E-state index contributed by atoms with van der Waals surface area (Å²) in [6, 6.07) is 7.47. The summed E-state index contributed by atoms with van der Waals surface area (Å²) in [7, 11) is -0.718. The van der Waals surface area contributed by atoms with Gasteiger partial charge in [-0.05, 0) is 23.1 Å². The molecular weight excluding hydrogens is 186 g/mol. The van der Waals surface area contributed by atoms with Crippen LogP contribution in [-0.4, -0.2) is 51.4 Å². The van der Waals surface area contributed by atoms with Crippen LogP contribution >= 0.6 is 8.69 Å². The fourth-order valence-corrected chi connectivity index (χ4v) is 1.03. The summed E-state index contributed by atoms with van der Waals surface area (Å²) in [5.74, 6) is 0.691. The van der Waals surface area contributed by atoms with Crippen LogP contribution in [0.2, 0.25) is 0 Å². The first-order chi connectivity index (χ1) is 4.84. The Morgan fingerprint density at radius 2 is 2.00 bits per heavy atom. The number of para-hydroxylation sites is 1. The number of rotatable bonds is 2. The molecule has 0 aliphatic heterocycles. The Morgan fingerprint density at radius 3 is 2.55 bits per heavy atom. The molecule has 0 aliphatic carbocycles. The molecule has 0 bridgehead atoms. The van der Waals surface area contributed by atoms with Crippen molar-refractivity contribution in [2.24, 2.45) is 0 Å². The van der Waals surface area contributed by atoms with Crippen molar-refractivity contribution in [3.63, 3.8) is 0 Å². The van der Waals surface area contributed by atoms with E-state index in [2.05, 4.69) is 0 Å². The quantitative estimate of drug-likeness (QED) is 0.531. The van der Waals surface area contributed by atoms with Gasteiger partial charge in [0.1, 0.15) is 0 Å². The van der Waals surface area contributed by atoms with Crippen LogP contribution < -0.4 is 4.52 Å². The molecule has 1 radical (unpaired) electrons. The molecule has 53 valence electrons. The van der Waals surface area contributed by atoms with E-state index in [-0.39, 0.29) is 51.4 Å². The van der Waals surface area contributed by atoms with Crippen molar-refractivity contribution in [1.82, 2.24) is 0 Å². The summed E-state index contributed by atoms with van der Waals surface area (Å²) in [6.45, 7) is 1.91. The molecule has 0 aromatic heterocycles. The van der Waals surface area contributed by atoms with Gasteiger partial charge in [0.15, 0.2) is 5.75 Å². The van der Waals surface area contributed by atoms with Crippen LogP contribution in [0.1, 0.15) is 5.56 Å². The fraction of sp³-hybridized carbons (Fsp3) is 0.143. The van der Waals surface area contributed by atoms with Crippen molar-refractivity contribution in [3.05, 3.63) is 29.8 Å². The van der Waals surface area contributed by atoms with Crippen molar-refractivity contribution < 1.29 is 9.09 Å². The van der Waals surface area contributed by atoms with Crippen LogP contribution in [0.15, 0.2) is 24.3 Å². The van der Waals surface area contributed by atoms with E-state index in [1.54, 1.807) is 6.07 Å². The SMILES string of the molecule is Cc1ccccc1O[PH+]=O.[K]. The minimum Gasteiger partial charge on any atom is -0.256 e. The first-order valence-corrected chi connectivity index (χ1v) is 3.76. The second kappa shape index (κ2) is 6.29. The van der Waals surface area contributed by atoms with Crippen molar-refractivity contribution in [3.8, 4) is 5.75 Å². The fourth-order valence-electron chi connectivity index (χ4n) is 0.716. The van der Waals surface area contributed by atoms with Crippen LogP contribution in [0, 0.1) is 6.92 Å². The van der Waals surface area contributed by atoms with Gasteiger partial charge in [-0.3, -0.25) is 4.52 Å². The zero-order valence-corrected chi connectivity index (χ0v) is 10.7. The smallest absolute Gasteiger partial charge is 0.256 e. The maximum absolute atomic E-state index is 10.1. The van der Waals surface area contributed by atoms with Gasteiger partial charge in [-0.2, -0.15) is 0 Å². The van der Waals surface area contributed by atoms with E-state index in [0.29, 0.717) is 5.75 Å². The van der Waals surface area contributed by atoms with Gasteiger partial charge in [-0.1, -0.05) is 18.2 Å². The molecule has 0 aliphatic rings. The van der Waals surface area contributed by atoms with Gasteiger partial charge >= 0.3 is 8.69 Å². The number of aryl methyl sites for hydroxylation is 1. The van der Waals surface area contributed by atoms with E-state index >= 15 is 0 Å². The van der Waals surface area contributed by atoms with E-state index in [0.717, 1.165) is 5.56 Å². The van der Waals surface area contributed by atoms with Gasteiger partial charge in [0.05, 0.1) is 0 Å². The molecule has 11 heavy (non-hydrogen) atoms. The molecule has 1 unspecified atom stereocenters. The summed E-state index contributed by atoms with van der Waals surface area (Å²) in [4.78, 5) is 0. The second-order valence-corrected chi connectivity index (χ2v) is 2.32. The maximum atomic E-state index is 10.1. The standard InChI is InChI=1S/C7H8O2P.K/c1-6-4-2-3-5-7(6)9-10-8;/h2-5,10H,1H3;/q+1;. The van der Waals surface area contributed by atoms with Crippen LogP contribution in [-0.2, 0) is 4.57 Å². The van der Waals surface area contributed by atoms with Crippen molar-refractivity contribution in [2.75, 3.05) is 0 Å². The Balaban J connectivity index is 0.000001000. The Hall–Kier alpha value is 0.756. The molecule has 1 aromatic carbocycles. The summed E-state index contributed by atoms with van der Waals surface area (Å²) >= 11 is 0. The van der Waals surface area contributed by atoms with Crippen LogP contribution in [0.5, 0.6) is 5.75 Å². The summed E-state index contributed by atoms with van der Waals surface area (Å²) in [5.41, 5.74) is 1.01. The third-order valence-corrected chi connectivity index (χ3v) is 1.55. The zero-order chi connectivity index (χ0) is 7.40. The Morgan fingerprint density at radius 1 is 1.36 bits per heavy atom. The van der Waals surface area contributed by atoms with Gasteiger partial charge in [-0.15, -0.1) is 0 Å². The monoisotopic (exact) mass is 194 g/mol. The molecule has 0 saturated heterocycles. The molecule has 0 saturated carbocycles. The van der Waals surface area contributed by atoms with Crippen LogP contribution in [0.25, 0.3) is 0 Å². The van der Waals surface area contributed by atoms with Crippen molar-refractivity contribution in [2.45, 2.75) is 6.92 Å². The molecule has 0 heterocycles. The summed E-state index contributed by atoms with van der Waals surface area (Å²) in [6.07, 6.45) is 0. The Labute approximate surface area is 110 Å². The Bertz CT molecular complexity index is 240. The molecular formula is C7H8KO2P+. The van der Waals surface area contributed by atoms with Gasteiger partial charge in [0, 0.05) is 51.4 Å². The molecule has 1 aromatic rings. The molecule has 0 N–H and O–H groups in total. The average molecular weight is 194 g/mol. The number of benzene rings is 1. The largest absolute Gasteiger partial charge is 0.542 e. The van der Waals surface area contributed by atoms with Crippen LogP contribution in [0.4, 0.5) is 0 Å². The molecule has 0 fully saturated rings.